The third kappa shape index (κ3) is 21.2. The van der Waals surface area contributed by atoms with E-state index in [-0.39, 0.29) is 38.3 Å². The Labute approximate surface area is 355 Å². The fourth-order valence-electron chi connectivity index (χ4n) is 7.32. The van der Waals surface area contributed by atoms with E-state index in [1.165, 1.54) is 70.6 Å². The summed E-state index contributed by atoms with van der Waals surface area (Å²) in [6.07, 6.45) is 19.8. The molecule has 3 amide bonds. The second kappa shape index (κ2) is 28.6. The standard InChI is InChI=1S/C50H72N4O5/c1-5-7-8-9-10-11-12-13-14-15-16-17-18-28-36-59-50(58)46(39-43-33-26-21-27-34-43)53-49(57)45(38-42-31-24-20-25-32-42)52-48(56)44(37-41-29-22-19-23-30-41)51-47(55)40-54(3,4)35-6-2/h6,19-27,29-34,44-46H,2,5,7-18,28,35-40H2,1,3-4H3,(H2-,51,52,53,55,56,57)/p+1. The Morgan fingerprint density at radius 3 is 1.36 bits per heavy atom. The zero-order chi connectivity index (χ0) is 42.6. The lowest BCUT2D eigenvalue weighted by Gasteiger charge is -2.29. The van der Waals surface area contributed by atoms with Crippen LogP contribution in [0.4, 0.5) is 0 Å². The molecule has 3 N–H and O–H groups in total. The number of esters is 1. The highest BCUT2D eigenvalue weighted by atomic mass is 16.5. The van der Waals surface area contributed by atoms with Gasteiger partial charge in [0.05, 0.1) is 27.2 Å². The van der Waals surface area contributed by atoms with Crippen LogP contribution in [0.15, 0.2) is 104 Å². The molecule has 0 saturated carbocycles. The number of rotatable bonds is 31. The molecule has 0 spiro atoms. The summed E-state index contributed by atoms with van der Waals surface area (Å²) in [5.74, 6) is -1.80. The summed E-state index contributed by atoms with van der Waals surface area (Å²) in [5.41, 5.74) is 2.57. The predicted octanol–water partition coefficient (Wildman–Crippen LogP) is 8.46. The molecule has 0 saturated heterocycles. The number of carbonyl (C=O) groups is 4. The van der Waals surface area contributed by atoms with Crippen LogP contribution in [-0.4, -0.2) is 80.1 Å². The van der Waals surface area contributed by atoms with Crippen molar-refractivity contribution in [1.82, 2.24) is 16.0 Å². The highest BCUT2D eigenvalue weighted by Gasteiger charge is 2.32. The minimum atomic E-state index is -1.04. The monoisotopic (exact) mass is 810 g/mol. The van der Waals surface area contributed by atoms with Crippen molar-refractivity contribution in [1.29, 1.82) is 0 Å². The maximum Gasteiger partial charge on any atom is 0.328 e. The van der Waals surface area contributed by atoms with E-state index in [2.05, 4.69) is 29.5 Å². The number of hydrogen-bond acceptors (Lipinski definition) is 5. The van der Waals surface area contributed by atoms with Crippen LogP contribution in [-0.2, 0) is 43.2 Å². The van der Waals surface area contributed by atoms with Gasteiger partial charge in [-0.1, -0.05) is 188 Å². The van der Waals surface area contributed by atoms with Crippen LogP contribution < -0.4 is 16.0 Å². The van der Waals surface area contributed by atoms with E-state index in [4.69, 9.17) is 4.74 Å². The summed E-state index contributed by atoms with van der Waals surface area (Å²) >= 11 is 0. The van der Waals surface area contributed by atoms with Gasteiger partial charge in [0.25, 0.3) is 5.91 Å². The number of unbranched alkanes of at least 4 members (excludes halogenated alkanes) is 13. The van der Waals surface area contributed by atoms with Crippen LogP contribution in [0.5, 0.6) is 0 Å². The summed E-state index contributed by atoms with van der Waals surface area (Å²) in [6.45, 7) is 7.06. The average molecular weight is 810 g/mol. The number of benzene rings is 3. The number of amides is 3. The molecule has 0 radical (unpaired) electrons. The minimum absolute atomic E-state index is 0.140. The molecule has 3 aromatic carbocycles. The van der Waals surface area contributed by atoms with Gasteiger partial charge in [0.15, 0.2) is 6.54 Å². The van der Waals surface area contributed by atoms with Crippen molar-refractivity contribution >= 4 is 23.7 Å². The van der Waals surface area contributed by atoms with E-state index in [9.17, 15) is 19.2 Å². The molecule has 59 heavy (non-hydrogen) atoms. The van der Waals surface area contributed by atoms with Crippen molar-refractivity contribution in [3.63, 3.8) is 0 Å². The molecule has 0 aliphatic carbocycles. The van der Waals surface area contributed by atoms with Gasteiger partial charge in [-0.2, -0.15) is 0 Å². The number of likely N-dealkylation sites (N-methyl/N-ethyl adjacent to an activating group) is 1. The van der Waals surface area contributed by atoms with Gasteiger partial charge in [0, 0.05) is 19.3 Å². The number of quaternary nitrogens is 1. The fraction of sp³-hybridized carbons (Fsp3) is 0.520. The lowest BCUT2D eigenvalue weighted by molar-refractivity contribution is -0.876. The summed E-state index contributed by atoms with van der Waals surface area (Å²) < 4.78 is 6.14. The van der Waals surface area contributed by atoms with E-state index in [0.717, 1.165) is 36.0 Å². The first kappa shape index (κ1) is 48.6. The van der Waals surface area contributed by atoms with Gasteiger partial charge in [0.1, 0.15) is 18.1 Å². The van der Waals surface area contributed by atoms with E-state index >= 15 is 0 Å². The zero-order valence-corrected chi connectivity index (χ0v) is 36.3. The van der Waals surface area contributed by atoms with Crippen LogP contribution in [0, 0.1) is 0 Å². The molecular formula is C50H73N4O5+. The molecule has 0 aliphatic heterocycles. The highest BCUT2D eigenvalue weighted by molar-refractivity contribution is 5.94. The largest absolute Gasteiger partial charge is 0.464 e. The highest BCUT2D eigenvalue weighted by Crippen LogP contribution is 2.14. The molecule has 3 aromatic rings. The maximum atomic E-state index is 14.2. The quantitative estimate of drug-likeness (QED) is 0.0261. The van der Waals surface area contributed by atoms with Crippen molar-refractivity contribution in [2.24, 2.45) is 0 Å². The molecule has 0 heterocycles. The summed E-state index contributed by atoms with van der Waals surface area (Å²) in [6, 6.07) is 25.4. The van der Waals surface area contributed by atoms with E-state index in [1.54, 1.807) is 6.08 Å². The third-order valence-electron chi connectivity index (χ3n) is 10.7. The van der Waals surface area contributed by atoms with Crippen LogP contribution in [0.1, 0.15) is 114 Å². The number of ether oxygens (including phenoxy) is 1. The molecular weight excluding hydrogens is 737 g/mol. The molecule has 0 aliphatic rings. The minimum Gasteiger partial charge on any atom is -0.464 e. The Hall–Kier alpha value is -4.76. The second-order valence-electron chi connectivity index (χ2n) is 16.6. The van der Waals surface area contributed by atoms with Crippen LogP contribution in [0.3, 0.4) is 0 Å². The van der Waals surface area contributed by atoms with Crippen LogP contribution >= 0.6 is 0 Å². The molecule has 3 atom stereocenters. The Morgan fingerprint density at radius 1 is 0.559 bits per heavy atom. The number of nitrogens with zero attached hydrogens (tertiary/aromatic N) is 1. The lowest BCUT2D eigenvalue weighted by Crippen LogP contribution is -2.58. The number of nitrogens with one attached hydrogen (secondary N) is 3. The first-order valence-electron chi connectivity index (χ1n) is 22.2. The van der Waals surface area contributed by atoms with Gasteiger partial charge in [-0.15, -0.1) is 0 Å². The summed E-state index contributed by atoms with van der Waals surface area (Å²) in [4.78, 5) is 55.3. The first-order valence-corrected chi connectivity index (χ1v) is 22.2. The van der Waals surface area contributed by atoms with Crippen LogP contribution in [0.2, 0.25) is 0 Å². The second-order valence-corrected chi connectivity index (χ2v) is 16.6. The molecule has 3 rings (SSSR count). The van der Waals surface area contributed by atoms with Crippen molar-refractivity contribution in [2.75, 3.05) is 33.8 Å². The topological polar surface area (TPSA) is 114 Å². The smallest absolute Gasteiger partial charge is 0.328 e. The summed E-state index contributed by atoms with van der Waals surface area (Å²) in [7, 11) is 3.84. The Balaban J connectivity index is 1.64. The summed E-state index contributed by atoms with van der Waals surface area (Å²) in [5, 5.41) is 8.82. The SMILES string of the molecule is C=CC[N+](C)(C)CC(=O)NC(Cc1ccccc1)C(=O)NC(Cc1ccccc1)C(=O)NC(Cc1ccccc1)C(=O)OCCCCCCCCCCCCCCCC. The van der Waals surface area contributed by atoms with Gasteiger partial charge in [-0.25, -0.2) is 4.79 Å². The van der Waals surface area contributed by atoms with E-state index in [0.29, 0.717) is 11.0 Å². The normalized spacial score (nSPS) is 12.8. The van der Waals surface area contributed by atoms with E-state index in [1.807, 2.05) is 105 Å². The predicted molar refractivity (Wildman–Crippen MR) is 240 cm³/mol. The van der Waals surface area contributed by atoms with Crippen molar-refractivity contribution in [3.05, 3.63) is 120 Å². The van der Waals surface area contributed by atoms with Crippen molar-refractivity contribution in [2.45, 2.75) is 134 Å². The average Bonchev–Trinajstić information content (AvgIpc) is 3.22. The molecule has 322 valence electrons. The van der Waals surface area contributed by atoms with Crippen molar-refractivity contribution < 1.29 is 28.4 Å². The van der Waals surface area contributed by atoms with Gasteiger partial charge in [-0.3, -0.25) is 14.4 Å². The Kier molecular flexibility index (Phi) is 23.6. The molecule has 9 nitrogen and oxygen atoms in total. The van der Waals surface area contributed by atoms with Gasteiger partial charge in [0.2, 0.25) is 11.8 Å². The van der Waals surface area contributed by atoms with Crippen molar-refractivity contribution in [3.8, 4) is 0 Å². The fourth-order valence-corrected chi connectivity index (χ4v) is 7.32. The maximum absolute atomic E-state index is 14.2. The molecule has 9 heteroatoms. The van der Waals surface area contributed by atoms with Gasteiger partial charge >= 0.3 is 5.97 Å². The molecule has 0 bridgehead atoms. The first-order chi connectivity index (χ1) is 28.6. The number of hydrogen-bond donors (Lipinski definition) is 3. The van der Waals surface area contributed by atoms with Gasteiger partial charge in [-0.05, 0) is 29.2 Å². The lowest BCUT2D eigenvalue weighted by atomic mass is 10.0. The number of carbonyl (C=O) groups excluding carboxylic acids is 4. The van der Waals surface area contributed by atoms with Gasteiger partial charge < -0.3 is 25.2 Å². The zero-order valence-electron chi connectivity index (χ0n) is 36.3. The molecule has 3 unspecified atom stereocenters. The third-order valence-corrected chi connectivity index (χ3v) is 10.7. The molecule has 0 aromatic heterocycles. The van der Waals surface area contributed by atoms with E-state index < -0.39 is 35.9 Å². The van der Waals surface area contributed by atoms with Crippen LogP contribution in [0.25, 0.3) is 0 Å². The Morgan fingerprint density at radius 2 is 0.932 bits per heavy atom. The molecule has 0 fully saturated rings. The Bertz CT molecular complexity index is 1630.